The first-order valence-corrected chi connectivity index (χ1v) is 7.83. The van der Waals surface area contributed by atoms with Crippen LogP contribution in [0, 0.1) is 5.92 Å². The molecule has 1 aliphatic heterocycles. The first-order valence-electron chi connectivity index (χ1n) is 7.45. The highest BCUT2D eigenvalue weighted by molar-refractivity contribution is 6.29. The molecule has 1 aliphatic rings. The van der Waals surface area contributed by atoms with Crippen LogP contribution in [0.4, 0.5) is 4.79 Å². The number of nitrogens with zero attached hydrogens (tertiary/aromatic N) is 2. The van der Waals surface area contributed by atoms with E-state index in [1.807, 2.05) is 20.8 Å². The maximum atomic E-state index is 12.4. The third-order valence-electron chi connectivity index (χ3n) is 3.31. The highest BCUT2D eigenvalue weighted by Crippen LogP contribution is 2.28. The lowest BCUT2D eigenvalue weighted by Gasteiger charge is -2.28. The number of rotatable bonds is 1. The molecule has 0 aromatic carbocycles. The second-order valence-corrected chi connectivity index (χ2v) is 7.23. The van der Waals surface area contributed by atoms with E-state index in [0.29, 0.717) is 29.7 Å². The Kier molecular flexibility index (Phi) is 4.85. The van der Waals surface area contributed by atoms with Crippen molar-refractivity contribution < 1.29 is 14.3 Å². The normalized spacial score (nSPS) is 18.5. The number of halogens is 1. The van der Waals surface area contributed by atoms with Gasteiger partial charge in [-0.15, -0.1) is 0 Å². The average Bonchev–Trinajstić information content (AvgIpc) is 2.55. The van der Waals surface area contributed by atoms with Gasteiger partial charge in [0.25, 0.3) is 0 Å². The van der Waals surface area contributed by atoms with Crippen LogP contribution >= 0.6 is 11.6 Å². The van der Waals surface area contributed by atoms with Crippen LogP contribution < -0.4 is 4.74 Å². The predicted octanol–water partition coefficient (Wildman–Crippen LogP) is 3.89. The zero-order chi connectivity index (χ0) is 16.5. The third-order valence-corrected chi connectivity index (χ3v) is 3.52. The summed E-state index contributed by atoms with van der Waals surface area (Å²) < 4.78 is 11.5. The molecular weight excluding hydrogens is 304 g/mol. The van der Waals surface area contributed by atoms with Gasteiger partial charge in [0.1, 0.15) is 28.3 Å². The molecule has 0 saturated carbocycles. The summed E-state index contributed by atoms with van der Waals surface area (Å²) in [5, 5.41) is 0.384. The van der Waals surface area contributed by atoms with Crippen molar-refractivity contribution in [2.45, 2.75) is 52.9 Å². The smallest absolute Gasteiger partial charge is 0.410 e. The summed E-state index contributed by atoms with van der Waals surface area (Å²) >= 11 is 5.96. The lowest BCUT2D eigenvalue weighted by atomic mass is 10.1. The van der Waals surface area contributed by atoms with Gasteiger partial charge in [-0.3, -0.25) is 4.90 Å². The largest absolute Gasteiger partial charge is 0.486 e. The Bertz CT molecular complexity index is 555. The molecule has 0 unspecified atom stereocenters. The molecular formula is C16H23ClN2O3. The minimum Gasteiger partial charge on any atom is -0.486 e. The van der Waals surface area contributed by atoms with Crippen molar-refractivity contribution in [3.05, 3.63) is 23.0 Å². The van der Waals surface area contributed by atoms with Gasteiger partial charge < -0.3 is 9.47 Å². The number of hydrogen-bond acceptors (Lipinski definition) is 4. The third kappa shape index (κ3) is 4.26. The van der Waals surface area contributed by atoms with Crippen molar-refractivity contribution in [1.82, 2.24) is 9.88 Å². The molecule has 0 spiro atoms. The first kappa shape index (κ1) is 16.9. The number of ether oxygens (including phenoxy) is 2. The lowest BCUT2D eigenvalue weighted by Crippen LogP contribution is -2.42. The summed E-state index contributed by atoms with van der Waals surface area (Å²) in [5.41, 5.74) is 0.115. The molecule has 0 N–H and O–H groups in total. The predicted molar refractivity (Wildman–Crippen MR) is 85.1 cm³/mol. The van der Waals surface area contributed by atoms with Gasteiger partial charge in [0.15, 0.2) is 0 Å². The second-order valence-electron chi connectivity index (χ2n) is 6.84. The van der Waals surface area contributed by atoms with E-state index in [1.54, 1.807) is 17.0 Å². The van der Waals surface area contributed by atoms with E-state index < -0.39 is 5.60 Å². The molecule has 1 aromatic heterocycles. The quantitative estimate of drug-likeness (QED) is 0.735. The van der Waals surface area contributed by atoms with E-state index in [1.165, 1.54) is 0 Å². The SMILES string of the molecule is CC(C)[C@H]1CN(C(=O)OC(C)(C)C)Cc2nc(Cl)ccc2O1. The lowest BCUT2D eigenvalue weighted by molar-refractivity contribution is 0.0147. The molecule has 2 heterocycles. The maximum absolute atomic E-state index is 12.4. The van der Waals surface area contributed by atoms with E-state index in [2.05, 4.69) is 18.8 Å². The van der Waals surface area contributed by atoms with Crippen molar-refractivity contribution in [3.63, 3.8) is 0 Å². The van der Waals surface area contributed by atoms with Gasteiger partial charge >= 0.3 is 6.09 Å². The van der Waals surface area contributed by atoms with Crippen molar-refractivity contribution >= 4 is 17.7 Å². The average molecular weight is 327 g/mol. The Hall–Kier alpha value is -1.49. The molecule has 0 fully saturated rings. The van der Waals surface area contributed by atoms with Gasteiger partial charge in [-0.05, 0) is 38.8 Å². The summed E-state index contributed by atoms with van der Waals surface area (Å²) in [6.07, 6.45) is -0.479. The first-order chi connectivity index (χ1) is 10.2. The molecule has 1 aromatic rings. The molecule has 122 valence electrons. The van der Waals surface area contributed by atoms with Gasteiger partial charge in [-0.2, -0.15) is 0 Å². The molecule has 6 heteroatoms. The van der Waals surface area contributed by atoms with Crippen molar-refractivity contribution in [2.75, 3.05) is 6.54 Å². The maximum Gasteiger partial charge on any atom is 0.410 e. The van der Waals surface area contributed by atoms with Crippen molar-refractivity contribution in [2.24, 2.45) is 5.92 Å². The fourth-order valence-corrected chi connectivity index (χ4v) is 2.32. The molecule has 0 saturated heterocycles. The van der Waals surface area contributed by atoms with Gasteiger partial charge in [-0.25, -0.2) is 9.78 Å². The van der Waals surface area contributed by atoms with Crippen LogP contribution in [-0.2, 0) is 11.3 Å². The summed E-state index contributed by atoms with van der Waals surface area (Å²) in [6, 6.07) is 3.50. The van der Waals surface area contributed by atoms with E-state index in [9.17, 15) is 4.79 Å². The topological polar surface area (TPSA) is 51.7 Å². The number of amides is 1. The summed E-state index contributed by atoms with van der Waals surface area (Å²) in [5.74, 6) is 0.931. The highest BCUT2D eigenvalue weighted by atomic mass is 35.5. The van der Waals surface area contributed by atoms with Crippen LogP contribution in [0.3, 0.4) is 0 Å². The zero-order valence-corrected chi connectivity index (χ0v) is 14.5. The standard InChI is InChI=1S/C16H23ClN2O3/c1-10(2)13-9-19(15(20)22-16(3,4)5)8-11-12(21-13)6-7-14(17)18-11/h6-7,10,13H,8-9H2,1-5H3/t13-/m1/s1. The number of aromatic nitrogens is 1. The summed E-state index contributed by atoms with van der Waals surface area (Å²) in [4.78, 5) is 18.3. The second kappa shape index (κ2) is 6.32. The number of pyridine rings is 1. The van der Waals surface area contributed by atoms with Crippen LogP contribution in [0.1, 0.15) is 40.3 Å². The Balaban J connectivity index is 2.29. The van der Waals surface area contributed by atoms with Crippen LogP contribution in [0.15, 0.2) is 12.1 Å². The number of carbonyl (C=O) groups is 1. The summed E-state index contributed by atoms with van der Waals surface area (Å²) in [7, 11) is 0. The van der Waals surface area contributed by atoms with E-state index >= 15 is 0 Å². The minimum atomic E-state index is -0.540. The van der Waals surface area contributed by atoms with E-state index in [4.69, 9.17) is 21.1 Å². The van der Waals surface area contributed by atoms with Gasteiger partial charge in [0.05, 0.1) is 13.1 Å². The Morgan fingerprint density at radius 2 is 2.14 bits per heavy atom. The van der Waals surface area contributed by atoms with Crippen molar-refractivity contribution in [1.29, 1.82) is 0 Å². The zero-order valence-electron chi connectivity index (χ0n) is 13.7. The molecule has 1 atom stereocenters. The van der Waals surface area contributed by atoms with Crippen molar-refractivity contribution in [3.8, 4) is 5.75 Å². The Morgan fingerprint density at radius 1 is 1.45 bits per heavy atom. The van der Waals surface area contributed by atoms with E-state index in [-0.39, 0.29) is 18.1 Å². The number of fused-ring (bicyclic) bond motifs is 1. The molecule has 1 amide bonds. The number of carbonyl (C=O) groups excluding carboxylic acids is 1. The Labute approximate surface area is 136 Å². The van der Waals surface area contributed by atoms with E-state index in [0.717, 1.165) is 0 Å². The molecule has 0 aliphatic carbocycles. The van der Waals surface area contributed by atoms with Crippen LogP contribution in [0.25, 0.3) is 0 Å². The molecule has 2 rings (SSSR count). The highest BCUT2D eigenvalue weighted by Gasteiger charge is 2.31. The fourth-order valence-electron chi connectivity index (χ4n) is 2.16. The minimum absolute atomic E-state index is 0.114. The van der Waals surface area contributed by atoms with Crippen LogP contribution in [0.2, 0.25) is 5.15 Å². The fraction of sp³-hybridized carbons (Fsp3) is 0.625. The molecule has 0 bridgehead atoms. The van der Waals surface area contributed by atoms with Gasteiger partial charge in [-0.1, -0.05) is 25.4 Å². The monoisotopic (exact) mass is 326 g/mol. The number of hydrogen-bond donors (Lipinski definition) is 0. The van der Waals surface area contributed by atoms with Gasteiger partial charge in [0, 0.05) is 0 Å². The van der Waals surface area contributed by atoms with Crippen LogP contribution in [0.5, 0.6) is 5.75 Å². The Morgan fingerprint density at radius 3 is 2.73 bits per heavy atom. The van der Waals surface area contributed by atoms with Gasteiger partial charge in [0.2, 0.25) is 0 Å². The summed E-state index contributed by atoms with van der Waals surface area (Å²) in [6.45, 7) is 10.5. The molecule has 22 heavy (non-hydrogen) atoms. The molecule has 5 nitrogen and oxygen atoms in total. The molecule has 0 radical (unpaired) electrons. The van der Waals surface area contributed by atoms with Crippen LogP contribution in [-0.4, -0.2) is 34.2 Å².